The third-order valence-electron chi connectivity index (χ3n) is 5.59. The first-order valence-corrected chi connectivity index (χ1v) is 12.1. The minimum atomic E-state index is -0.750. The molecule has 0 fully saturated rings. The Labute approximate surface area is 205 Å². The topological polar surface area (TPSA) is 71.5 Å². The third-order valence-corrected chi connectivity index (χ3v) is 6.59. The summed E-state index contributed by atoms with van der Waals surface area (Å²) >= 11 is 1.71. The van der Waals surface area contributed by atoms with E-state index in [2.05, 4.69) is 23.9 Å². The number of aliphatic hydroxyl groups excluding tert-OH is 1. The number of methoxy groups -OCH3 is 1. The Morgan fingerprint density at radius 1 is 1.38 bits per heavy atom. The van der Waals surface area contributed by atoms with Crippen molar-refractivity contribution in [1.82, 2.24) is 9.80 Å². The van der Waals surface area contributed by atoms with Crippen molar-refractivity contribution in [2.75, 3.05) is 53.1 Å². The van der Waals surface area contributed by atoms with Crippen LogP contribution in [0.2, 0.25) is 0 Å². The number of hydrogen-bond acceptors (Lipinski definition) is 7. The summed E-state index contributed by atoms with van der Waals surface area (Å²) < 4.78 is 16.5. The van der Waals surface area contributed by atoms with Crippen molar-refractivity contribution in [3.05, 3.63) is 58.8 Å². The van der Waals surface area contributed by atoms with Gasteiger partial charge in [-0.15, -0.1) is 24.3 Å². The van der Waals surface area contributed by atoms with Crippen LogP contribution in [0.15, 0.2) is 48.4 Å². The average Bonchev–Trinajstić information content (AvgIpc) is 3.32. The van der Waals surface area contributed by atoms with E-state index in [1.54, 1.807) is 24.5 Å². The van der Waals surface area contributed by atoms with E-state index in [-0.39, 0.29) is 38.3 Å². The van der Waals surface area contributed by atoms with Crippen molar-refractivity contribution >= 4 is 17.2 Å². The van der Waals surface area contributed by atoms with Gasteiger partial charge in [-0.1, -0.05) is 12.0 Å². The second kappa shape index (κ2) is 13.2. The summed E-state index contributed by atoms with van der Waals surface area (Å²) in [6, 6.07) is 9.31. The number of terminal acetylenes is 1. The molecule has 182 valence electrons. The van der Waals surface area contributed by atoms with Gasteiger partial charge in [-0.25, -0.2) is 0 Å². The number of ether oxygens (including phenoxy) is 3. The van der Waals surface area contributed by atoms with Crippen molar-refractivity contribution in [2.24, 2.45) is 0 Å². The van der Waals surface area contributed by atoms with E-state index in [1.807, 2.05) is 34.1 Å². The predicted molar refractivity (Wildman–Crippen MR) is 133 cm³/mol. The quantitative estimate of drug-likeness (QED) is 0.268. The summed E-state index contributed by atoms with van der Waals surface area (Å²) in [4.78, 5) is 18.4. The molecule has 0 saturated heterocycles. The van der Waals surface area contributed by atoms with Crippen molar-refractivity contribution < 1.29 is 24.1 Å². The Morgan fingerprint density at radius 3 is 2.85 bits per heavy atom. The molecule has 0 radical (unpaired) electrons. The Kier molecular flexibility index (Phi) is 9.98. The van der Waals surface area contributed by atoms with Crippen molar-refractivity contribution in [3.63, 3.8) is 0 Å². The van der Waals surface area contributed by atoms with Gasteiger partial charge in [-0.3, -0.25) is 9.69 Å². The van der Waals surface area contributed by atoms with Crippen LogP contribution in [0.3, 0.4) is 0 Å². The maximum absolute atomic E-state index is 13.4. The molecule has 3 rings (SSSR count). The zero-order valence-corrected chi connectivity index (χ0v) is 20.3. The molecule has 2 heterocycles. The van der Waals surface area contributed by atoms with Crippen LogP contribution in [0, 0.1) is 12.3 Å². The van der Waals surface area contributed by atoms with Crippen molar-refractivity contribution in [3.8, 4) is 23.8 Å². The number of thiophene rings is 1. The second-order valence-corrected chi connectivity index (χ2v) is 9.00. The highest BCUT2D eigenvalue weighted by atomic mass is 32.1. The van der Waals surface area contributed by atoms with Gasteiger partial charge in [0, 0.05) is 24.5 Å². The van der Waals surface area contributed by atoms with Gasteiger partial charge in [-0.2, -0.15) is 0 Å². The van der Waals surface area contributed by atoms with Crippen LogP contribution in [-0.4, -0.2) is 80.0 Å². The van der Waals surface area contributed by atoms with E-state index in [1.165, 1.54) is 4.88 Å². The molecule has 0 saturated carbocycles. The lowest BCUT2D eigenvalue weighted by Gasteiger charge is -2.37. The van der Waals surface area contributed by atoms with Gasteiger partial charge in [0.15, 0.2) is 0 Å². The summed E-state index contributed by atoms with van der Waals surface area (Å²) in [6.07, 6.45) is 6.97. The average molecular weight is 485 g/mol. The molecular formula is C26H32N2O5S. The highest BCUT2D eigenvalue weighted by molar-refractivity contribution is 7.10. The number of aliphatic hydroxyl groups is 1. The van der Waals surface area contributed by atoms with Gasteiger partial charge in [0.05, 0.1) is 32.4 Å². The van der Waals surface area contributed by atoms with Crippen LogP contribution in [0.1, 0.15) is 16.5 Å². The normalized spacial score (nSPS) is 15.9. The van der Waals surface area contributed by atoms with Gasteiger partial charge < -0.3 is 24.2 Å². The minimum Gasteiger partial charge on any atom is -0.497 e. The van der Waals surface area contributed by atoms with E-state index >= 15 is 0 Å². The lowest BCUT2D eigenvalue weighted by atomic mass is 10.0. The number of nitrogens with zero attached hydrogens (tertiary/aromatic N) is 2. The van der Waals surface area contributed by atoms with Crippen LogP contribution in [-0.2, 0) is 16.0 Å². The number of fused-ring (bicyclic) bond motifs is 1. The number of rotatable bonds is 13. The van der Waals surface area contributed by atoms with Gasteiger partial charge in [0.25, 0.3) is 0 Å². The van der Waals surface area contributed by atoms with Crippen LogP contribution < -0.4 is 9.47 Å². The zero-order chi connectivity index (χ0) is 24.3. The summed E-state index contributed by atoms with van der Waals surface area (Å²) in [6.45, 7) is 5.94. The van der Waals surface area contributed by atoms with Gasteiger partial charge in [-0.05, 0) is 47.7 Å². The Hall–Kier alpha value is -2.83. The van der Waals surface area contributed by atoms with Gasteiger partial charge in [0.1, 0.15) is 24.7 Å². The molecular weight excluding hydrogens is 452 g/mol. The Morgan fingerprint density at radius 2 is 2.15 bits per heavy atom. The molecule has 1 aromatic heterocycles. The van der Waals surface area contributed by atoms with E-state index in [4.69, 9.17) is 20.6 Å². The third kappa shape index (κ3) is 7.08. The van der Waals surface area contributed by atoms with Gasteiger partial charge in [0.2, 0.25) is 5.91 Å². The Bertz CT molecular complexity index is 968. The summed E-state index contributed by atoms with van der Waals surface area (Å²) in [7, 11) is 1.62. The number of benzene rings is 1. The number of carbonyl (C=O) groups excluding carboxylic acids is 1. The second-order valence-electron chi connectivity index (χ2n) is 7.99. The summed E-state index contributed by atoms with van der Waals surface area (Å²) in [5, 5.41) is 12.3. The van der Waals surface area contributed by atoms with Crippen LogP contribution in [0.25, 0.3) is 0 Å². The number of hydrogen-bond donors (Lipinski definition) is 1. The molecule has 0 bridgehead atoms. The summed E-state index contributed by atoms with van der Waals surface area (Å²) in [5.41, 5.74) is 1.14. The summed E-state index contributed by atoms with van der Waals surface area (Å²) in [5.74, 6) is 3.84. The van der Waals surface area contributed by atoms with Gasteiger partial charge >= 0.3 is 0 Å². The van der Waals surface area contributed by atoms with Crippen molar-refractivity contribution in [2.45, 2.75) is 18.6 Å². The standard InChI is InChI=1S/C26H32N2O5S/c1-4-12-27(16-20(29)18-32-14-5-2)17-26(30)28-13-10-25-23(11-15-34-25)24(28)19-33-22-8-6-21(31-3)7-9-22/h2,4,6-9,11,15,20,24,29H,1,10,12-14,16-19H2,3H3/t20-,24+/m0/s1. The molecule has 1 aliphatic heterocycles. The highest BCUT2D eigenvalue weighted by Gasteiger charge is 2.33. The molecule has 1 aliphatic rings. The number of carbonyl (C=O) groups is 1. The molecule has 34 heavy (non-hydrogen) atoms. The predicted octanol–water partition coefficient (Wildman–Crippen LogP) is 2.76. The highest BCUT2D eigenvalue weighted by Crippen LogP contribution is 2.34. The molecule has 0 spiro atoms. The van der Waals surface area contributed by atoms with E-state index in [9.17, 15) is 9.90 Å². The molecule has 1 amide bonds. The Balaban J connectivity index is 1.67. The molecule has 0 unspecified atom stereocenters. The van der Waals surface area contributed by atoms with E-state index in [0.29, 0.717) is 19.7 Å². The molecule has 2 aromatic rings. The first-order valence-electron chi connectivity index (χ1n) is 11.2. The van der Waals surface area contributed by atoms with Crippen LogP contribution >= 0.6 is 11.3 Å². The van der Waals surface area contributed by atoms with E-state index < -0.39 is 6.10 Å². The first kappa shape index (κ1) is 25.8. The molecule has 8 heteroatoms. The molecule has 1 N–H and O–H groups in total. The molecule has 0 aliphatic carbocycles. The lowest BCUT2D eigenvalue weighted by Crippen LogP contribution is -2.48. The molecule has 2 atom stereocenters. The van der Waals surface area contributed by atoms with Crippen LogP contribution in [0.4, 0.5) is 0 Å². The number of amides is 1. The zero-order valence-electron chi connectivity index (χ0n) is 19.5. The maximum atomic E-state index is 13.4. The smallest absolute Gasteiger partial charge is 0.237 e. The fraction of sp³-hybridized carbons (Fsp3) is 0.423. The lowest BCUT2D eigenvalue weighted by molar-refractivity contribution is -0.136. The fourth-order valence-corrected chi connectivity index (χ4v) is 4.92. The van der Waals surface area contributed by atoms with Crippen molar-refractivity contribution in [1.29, 1.82) is 0 Å². The molecule has 7 nitrogen and oxygen atoms in total. The fourth-order valence-electron chi connectivity index (χ4n) is 3.99. The maximum Gasteiger partial charge on any atom is 0.237 e. The largest absolute Gasteiger partial charge is 0.497 e. The van der Waals surface area contributed by atoms with E-state index in [0.717, 1.165) is 23.5 Å². The monoisotopic (exact) mass is 484 g/mol. The SMILES string of the molecule is C#CCOC[C@@H](O)CN(CC=C)CC(=O)N1CCc2sccc2[C@H]1COc1ccc(OC)cc1. The minimum absolute atomic E-state index is 0.0150. The van der Waals surface area contributed by atoms with Crippen LogP contribution in [0.5, 0.6) is 11.5 Å². The first-order chi connectivity index (χ1) is 16.5. The molecule has 1 aromatic carbocycles.